The number of carbonyl (C=O) groups excluding carboxylic acids is 1. The third-order valence-electron chi connectivity index (χ3n) is 3.17. The quantitative estimate of drug-likeness (QED) is 0.840. The molecule has 1 unspecified atom stereocenters. The maximum atomic E-state index is 13.7. The van der Waals surface area contributed by atoms with Crippen molar-refractivity contribution >= 4 is 5.91 Å². The van der Waals surface area contributed by atoms with E-state index in [1.165, 1.54) is 13.2 Å². The van der Waals surface area contributed by atoms with Crippen LogP contribution in [0.5, 0.6) is 5.75 Å². The zero-order valence-electron chi connectivity index (χ0n) is 11.4. The fourth-order valence-corrected chi connectivity index (χ4v) is 2.04. The maximum absolute atomic E-state index is 13.7. The van der Waals surface area contributed by atoms with Crippen molar-refractivity contribution in [3.05, 3.63) is 29.6 Å². The number of amides is 1. The zero-order valence-corrected chi connectivity index (χ0v) is 11.4. The molecule has 2 N–H and O–H groups in total. The highest BCUT2D eigenvalue weighted by molar-refractivity contribution is 5.76. The molecule has 1 aromatic rings. The number of nitrogens with one attached hydrogen (secondary N) is 2. The Hall–Kier alpha value is -1.66. The monoisotopic (exact) mass is 282 g/mol. The summed E-state index contributed by atoms with van der Waals surface area (Å²) in [5.74, 6) is -0.0480. The normalized spacial score (nSPS) is 18.6. The minimum Gasteiger partial charge on any atom is -0.497 e. The first-order valence-electron chi connectivity index (χ1n) is 6.59. The van der Waals surface area contributed by atoms with Crippen molar-refractivity contribution in [1.29, 1.82) is 0 Å². The minimum absolute atomic E-state index is 0.0319. The van der Waals surface area contributed by atoms with Gasteiger partial charge in [-0.2, -0.15) is 0 Å². The van der Waals surface area contributed by atoms with Gasteiger partial charge in [0.1, 0.15) is 11.6 Å². The predicted octanol–water partition coefficient (Wildman–Crippen LogP) is 0.829. The van der Waals surface area contributed by atoms with Crippen LogP contribution in [0.2, 0.25) is 0 Å². The van der Waals surface area contributed by atoms with Crippen molar-refractivity contribution in [2.75, 3.05) is 26.9 Å². The molecule has 0 spiro atoms. The Morgan fingerprint density at radius 1 is 1.60 bits per heavy atom. The number of benzene rings is 1. The summed E-state index contributed by atoms with van der Waals surface area (Å²) in [5.41, 5.74) is 0.437. The number of rotatable bonds is 5. The van der Waals surface area contributed by atoms with Crippen molar-refractivity contribution in [2.45, 2.75) is 19.0 Å². The SMILES string of the molecule is COc1ccc(CNC(=O)CC2COCCN2)c(F)c1. The molecule has 0 saturated carbocycles. The molecule has 110 valence electrons. The summed E-state index contributed by atoms with van der Waals surface area (Å²) in [6.45, 7) is 2.13. The van der Waals surface area contributed by atoms with Gasteiger partial charge >= 0.3 is 0 Å². The first-order valence-corrected chi connectivity index (χ1v) is 6.59. The lowest BCUT2D eigenvalue weighted by molar-refractivity contribution is -0.122. The van der Waals surface area contributed by atoms with Gasteiger partial charge in [-0.25, -0.2) is 4.39 Å². The number of halogens is 1. The van der Waals surface area contributed by atoms with Crippen LogP contribution < -0.4 is 15.4 Å². The highest BCUT2D eigenvalue weighted by atomic mass is 19.1. The summed E-state index contributed by atoms with van der Waals surface area (Å²) in [6, 6.07) is 4.61. The molecule has 20 heavy (non-hydrogen) atoms. The fraction of sp³-hybridized carbons (Fsp3) is 0.500. The molecule has 1 amide bonds. The van der Waals surface area contributed by atoms with Crippen molar-refractivity contribution in [3.63, 3.8) is 0 Å². The Bertz CT molecular complexity index is 462. The molecule has 2 rings (SSSR count). The first kappa shape index (κ1) is 14.7. The van der Waals surface area contributed by atoms with Gasteiger partial charge in [-0.15, -0.1) is 0 Å². The number of carbonyl (C=O) groups is 1. The van der Waals surface area contributed by atoms with Gasteiger partial charge in [0.15, 0.2) is 0 Å². The second-order valence-electron chi connectivity index (χ2n) is 4.66. The number of hydrogen-bond donors (Lipinski definition) is 2. The van der Waals surface area contributed by atoms with Crippen LogP contribution in [-0.2, 0) is 16.1 Å². The van der Waals surface area contributed by atoms with E-state index in [4.69, 9.17) is 9.47 Å². The topological polar surface area (TPSA) is 59.6 Å². The van der Waals surface area contributed by atoms with Crippen LogP contribution in [0.25, 0.3) is 0 Å². The average molecular weight is 282 g/mol. The van der Waals surface area contributed by atoms with Gasteiger partial charge in [0.05, 0.1) is 20.3 Å². The highest BCUT2D eigenvalue weighted by Gasteiger charge is 2.16. The molecule has 1 aliphatic rings. The molecular weight excluding hydrogens is 263 g/mol. The fourth-order valence-electron chi connectivity index (χ4n) is 2.04. The van der Waals surface area contributed by atoms with Crippen LogP contribution >= 0.6 is 0 Å². The van der Waals surface area contributed by atoms with Gasteiger partial charge in [0.2, 0.25) is 5.91 Å². The van der Waals surface area contributed by atoms with E-state index < -0.39 is 0 Å². The molecular formula is C14H19FN2O3. The van der Waals surface area contributed by atoms with Gasteiger partial charge in [-0.05, 0) is 6.07 Å². The van der Waals surface area contributed by atoms with E-state index in [0.29, 0.717) is 30.9 Å². The Kier molecular flexibility index (Phi) is 5.31. The second kappa shape index (κ2) is 7.21. The molecule has 0 bridgehead atoms. The van der Waals surface area contributed by atoms with E-state index in [0.717, 1.165) is 6.54 Å². The molecule has 1 aliphatic heterocycles. The maximum Gasteiger partial charge on any atom is 0.221 e. The van der Waals surface area contributed by atoms with Crippen LogP contribution in [0.15, 0.2) is 18.2 Å². The molecule has 0 aromatic heterocycles. The molecule has 6 heteroatoms. The lowest BCUT2D eigenvalue weighted by Crippen LogP contribution is -2.44. The Balaban J connectivity index is 1.80. The zero-order chi connectivity index (χ0) is 14.4. The largest absolute Gasteiger partial charge is 0.497 e. The highest BCUT2D eigenvalue weighted by Crippen LogP contribution is 2.16. The molecule has 5 nitrogen and oxygen atoms in total. The first-order chi connectivity index (χ1) is 9.69. The van der Waals surface area contributed by atoms with Gasteiger partial charge in [0.25, 0.3) is 0 Å². The molecule has 1 atom stereocenters. The Labute approximate surface area is 117 Å². The number of morpholine rings is 1. The summed E-state index contributed by atoms with van der Waals surface area (Å²) < 4.78 is 23.9. The minimum atomic E-state index is -0.385. The van der Waals surface area contributed by atoms with Crippen LogP contribution in [0.4, 0.5) is 4.39 Å². The summed E-state index contributed by atoms with van der Waals surface area (Å²) in [4.78, 5) is 11.8. The lowest BCUT2D eigenvalue weighted by atomic mass is 10.1. The number of hydrogen-bond acceptors (Lipinski definition) is 4. The molecule has 1 aromatic carbocycles. The van der Waals surface area contributed by atoms with Crippen LogP contribution in [-0.4, -0.2) is 38.8 Å². The predicted molar refractivity (Wildman–Crippen MR) is 72.0 cm³/mol. The van der Waals surface area contributed by atoms with Crippen LogP contribution in [0.3, 0.4) is 0 Å². The van der Waals surface area contributed by atoms with Crippen molar-refractivity contribution in [3.8, 4) is 5.75 Å². The molecule has 1 saturated heterocycles. The van der Waals surface area contributed by atoms with E-state index in [9.17, 15) is 9.18 Å². The van der Waals surface area contributed by atoms with Gasteiger partial charge in [-0.3, -0.25) is 4.79 Å². The third-order valence-corrected chi connectivity index (χ3v) is 3.17. The van der Waals surface area contributed by atoms with E-state index in [-0.39, 0.29) is 24.3 Å². The summed E-state index contributed by atoms with van der Waals surface area (Å²) in [7, 11) is 1.48. The van der Waals surface area contributed by atoms with E-state index in [1.54, 1.807) is 12.1 Å². The lowest BCUT2D eigenvalue weighted by Gasteiger charge is -2.23. The number of methoxy groups -OCH3 is 1. The molecule has 1 fully saturated rings. The van der Waals surface area contributed by atoms with Crippen molar-refractivity contribution < 1.29 is 18.7 Å². The van der Waals surface area contributed by atoms with Crippen LogP contribution in [0.1, 0.15) is 12.0 Å². The Morgan fingerprint density at radius 2 is 2.45 bits per heavy atom. The summed E-state index contributed by atoms with van der Waals surface area (Å²) in [5, 5.41) is 5.91. The van der Waals surface area contributed by atoms with E-state index in [2.05, 4.69) is 10.6 Å². The number of ether oxygens (including phenoxy) is 2. The van der Waals surface area contributed by atoms with Gasteiger partial charge < -0.3 is 20.1 Å². The standard InChI is InChI=1S/C14H19FN2O3/c1-19-12-3-2-10(13(15)7-12)8-17-14(18)6-11-9-20-5-4-16-11/h2-3,7,11,16H,4-6,8-9H2,1H3,(H,17,18). The average Bonchev–Trinajstić information content (AvgIpc) is 2.47. The molecule has 0 aliphatic carbocycles. The summed E-state index contributed by atoms with van der Waals surface area (Å²) in [6.07, 6.45) is 0.331. The van der Waals surface area contributed by atoms with E-state index >= 15 is 0 Å². The smallest absolute Gasteiger partial charge is 0.221 e. The van der Waals surface area contributed by atoms with Gasteiger partial charge in [0, 0.05) is 37.2 Å². The van der Waals surface area contributed by atoms with Crippen molar-refractivity contribution in [2.24, 2.45) is 0 Å². The Morgan fingerprint density at radius 3 is 3.10 bits per heavy atom. The van der Waals surface area contributed by atoms with Gasteiger partial charge in [-0.1, -0.05) is 6.07 Å². The van der Waals surface area contributed by atoms with E-state index in [1.807, 2.05) is 0 Å². The third kappa shape index (κ3) is 4.18. The molecule has 1 heterocycles. The van der Waals surface area contributed by atoms with Crippen molar-refractivity contribution in [1.82, 2.24) is 10.6 Å². The van der Waals surface area contributed by atoms with Crippen LogP contribution in [0, 0.1) is 5.82 Å². The second-order valence-corrected chi connectivity index (χ2v) is 4.66. The summed E-state index contributed by atoms with van der Waals surface area (Å²) >= 11 is 0. The molecule has 0 radical (unpaired) electrons.